The number of rotatable bonds is 2. The summed E-state index contributed by atoms with van der Waals surface area (Å²) in [4.78, 5) is 18.1. The van der Waals surface area contributed by atoms with Crippen molar-refractivity contribution in [2.75, 3.05) is 36.0 Å². The van der Waals surface area contributed by atoms with Crippen molar-refractivity contribution < 1.29 is 0 Å². The Balaban J connectivity index is 1.44. The number of anilines is 2. The molecule has 0 N–H and O–H groups in total. The summed E-state index contributed by atoms with van der Waals surface area (Å²) in [5.41, 5.74) is 1.78. The van der Waals surface area contributed by atoms with E-state index in [4.69, 9.17) is 0 Å². The van der Waals surface area contributed by atoms with Gasteiger partial charge in [-0.3, -0.25) is 4.40 Å². The van der Waals surface area contributed by atoms with E-state index in [0.717, 1.165) is 60.8 Å². The fourth-order valence-electron chi connectivity index (χ4n) is 3.55. The molecule has 0 atom stereocenters. The predicted molar refractivity (Wildman–Crippen MR) is 99.4 cm³/mol. The molecule has 0 spiro atoms. The standard InChI is InChI=1S/C18H18N8/c1-2-5-15-14(4-1)16(21-12-20-15)24-7-3-8-25(11-10-24)17-18-23-22-13-26(18)9-6-19-17/h1-2,4-6,9,12-13H,3,7-8,10-11H2. The third-order valence-electron chi connectivity index (χ3n) is 4.81. The molecule has 1 aliphatic rings. The number of para-hydroxylation sites is 1. The second kappa shape index (κ2) is 6.21. The molecule has 0 aliphatic carbocycles. The molecule has 4 aromatic rings. The van der Waals surface area contributed by atoms with Crippen LogP contribution in [0.25, 0.3) is 16.6 Å². The lowest BCUT2D eigenvalue weighted by Crippen LogP contribution is -2.32. The zero-order chi connectivity index (χ0) is 17.3. The lowest BCUT2D eigenvalue weighted by Gasteiger charge is -2.24. The van der Waals surface area contributed by atoms with Crippen molar-refractivity contribution in [2.24, 2.45) is 0 Å². The van der Waals surface area contributed by atoms with Crippen molar-refractivity contribution in [1.82, 2.24) is 29.5 Å². The summed E-state index contributed by atoms with van der Waals surface area (Å²) in [7, 11) is 0. The van der Waals surface area contributed by atoms with Gasteiger partial charge in [0.1, 0.15) is 18.5 Å². The van der Waals surface area contributed by atoms with Gasteiger partial charge in [-0.1, -0.05) is 12.1 Å². The molecule has 1 fully saturated rings. The maximum atomic E-state index is 4.57. The summed E-state index contributed by atoms with van der Waals surface area (Å²) in [6.07, 6.45) is 8.05. The molecular formula is C18H18N8. The molecule has 0 saturated carbocycles. The van der Waals surface area contributed by atoms with E-state index in [1.54, 1.807) is 18.9 Å². The van der Waals surface area contributed by atoms with Crippen LogP contribution in [0.1, 0.15) is 6.42 Å². The molecular weight excluding hydrogens is 328 g/mol. The molecule has 0 bridgehead atoms. The minimum atomic E-state index is 0.799. The number of hydrogen-bond acceptors (Lipinski definition) is 7. The van der Waals surface area contributed by atoms with Gasteiger partial charge in [0.05, 0.1) is 5.52 Å². The zero-order valence-electron chi connectivity index (χ0n) is 14.2. The van der Waals surface area contributed by atoms with Crippen molar-refractivity contribution >= 4 is 28.2 Å². The zero-order valence-corrected chi connectivity index (χ0v) is 14.2. The van der Waals surface area contributed by atoms with Crippen molar-refractivity contribution in [3.8, 4) is 0 Å². The first-order valence-electron chi connectivity index (χ1n) is 8.74. The smallest absolute Gasteiger partial charge is 0.203 e. The molecule has 1 aliphatic heterocycles. The van der Waals surface area contributed by atoms with Crippen LogP contribution >= 0.6 is 0 Å². The van der Waals surface area contributed by atoms with Gasteiger partial charge < -0.3 is 9.80 Å². The van der Waals surface area contributed by atoms with Crippen LogP contribution in [0.3, 0.4) is 0 Å². The average molecular weight is 346 g/mol. The molecule has 26 heavy (non-hydrogen) atoms. The van der Waals surface area contributed by atoms with E-state index in [1.165, 1.54) is 0 Å². The second-order valence-electron chi connectivity index (χ2n) is 6.35. The molecule has 0 unspecified atom stereocenters. The van der Waals surface area contributed by atoms with E-state index in [1.807, 2.05) is 28.8 Å². The number of fused-ring (bicyclic) bond motifs is 2. The van der Waals surface area contributed by atoms with Crippen LogP contribution in [-0.2, 0) is 0 Å². The first-order valence-corrected chi connectivity index (χ1v) is 8.74. The van der Waals surface area contributed by atoms with E-state index in [-0.39, 0.29) is 0 Å². The topological polar surface area (TPSA) is 75.3 Å². The second-order valence-corrected chi connectivity index (χ2v) is 6.35. The Morgan fingerprint density at radius 1 is 0.846 bits per heavy atom. The van der Waals surface area contributed by atoms with E-state index in [9.17, 15) is 0 Å². The molecule has 8 heteroatoms. The predicted octanol–water partition coefficient (Wildman–Crippen LogP) is 1.78. The normalized spacial score (nSPS) is 15.5. The number of nitrogens with zero attached hydrogens (tertiary/aromatic N) is 8. The maximum absolute atomic E-state index is 4.57. The van der Waals surface area contributed by atoms with Crippen molar-refractivity contribution in [1.29, 1.82) is 0 Å². The van der Waals surface area contributed by atoms with Gasteiger partial charge in [-0.2, -0.15) is 0 Å². The Hall–Kier alpha value is -3.29. The van der Waals surface area contributed by atoms with E-state index < -0.39 is 0 Å². The highest BCUT2D eigenvalue weighted by Gasteiger charge is 2.20. The van der Waals surface area contributed by atoms with Gasteiger partial charge in [0, 0.05) is 44.0 Å². The molecule has 130 valence electrons. The minimum absolute atomic E-state index is 0.799. The SMILES string of the molecule is c1ccc2c(N3CCCN(c4nccn5cnnc45)CC3)ncnc2c1. The lowest BCUT2D eigenvalue weighted by atomic mass is 10.2. The third kappa shape index (κ3) is 2.50. The lowest BCUT2D eigenvalue weighted by molar-refractivity contribution is 0.794. The van der Waals surface area contributed by atoms with Crippen LogP contribution in [-0.4, -0.2) is 55.7 Å². The third-order valence-corrected chi connectivity index (χ3v) is 4.81. The highest BCUT2D eigenvalue weighted by molar-refractivity contribution is 5.89. The Labute approximate surface area is 150 Å². The van der Waals surface area contributed by atoms with Gasteiger partial charge in [-0.25, -0.2) is 15.0 Å². The summed E-state index contributed by atoms with van der Waals surface area (Å²) >= 11 is 0. The number of aromatic nitrogens is 6. The quantitative estimate of drug-likeness (QED) is 0.548. The summed E-state index contributed by atoms with van der Waals surface area (Å²) in [6.45, 7) is 3.61. The van der Waals surface area contributed by atoms with E-state index in [2.05, 4.69) is 41.0 Å². The molecule has 1 saturated heterocycles. The van der Waals surface area contributed by atoms with Gasteiger partial charge in [-0.15, -0.1) is 10.2 Å². The molecule has 3 aromatic heterocycles. The highest BCUT2D eigenvalue weighted by atomic mass is 15.3. The molecule has 5 rings (SSSR count). The van der Waals surface area contributed by atoms with Gasteiger partial charge in [0.15, 0.2) is 5.82 Å². The van der Waals surface area contributed by atoms with E-state index >= 15 is 0 Å². The van der Waals surface area contributed by atoms with Gasteiger partial charge in [-0.05, 0) is 18.6 Å². The Bertz CT molecular complexity index is 1050. The van der Waals surface area contributed by atoms with Crippen LogP contribution in [0.2, 0.25) is 0 Å². The van der Waals surface area contributed by atoms with Crippen LogP contribution < -0.4 is 9.80 Å². The maximum Gasteiger partial charge on any atom is 0.203 e. The van der Waals surface area contributed by atoms with Gasteiger partial charge >= 0.3 is 0 Å². The van der Waals surface area contributed by atoms with Gasteiger partial charge in [0.25, 0.3) is 0 Å². The van der Waals surface area contributed by atoms with Crippen LogP contribution in [0.5, 0.6) is 0 Å². The fourth-order valence-corrected chi connectivity index (χ4v) is 3.55. The monoisotopic (exact) mass is 346 g/mol. The Kier molecular flexibility index (Phi) is 3.59. The Morgan fingerprint density at radius 2 is 1.69 bits per heavy atom. The van der Waals surface area contributed by atoms with Crippen LogP contribution in [0, 0.1) is 0 Å². The van der Waals surface area contributed by atoms with Gasteiger partial charge in [0.2, 0.25) is 5.65 Å². The Morgan fingerprint density at radius 3 is 2.62 bits per heavy atom. The molecule has 4 heterocycles. The highest BCUT2D eigenvalue weighted by Crippen LogP contribution is 2.25. The molecule has 8 nitrogen and oxygen atoms in total. The van der Waals surface area contributed by atoms with Crippen molar-refractivity contribution in [3.63, 3.8) is 0 Å². The number of benzene rings is 1. The summed E-state index contributed by atoms with van der Waals surface area (Å²) in [5, 5.41) is 9.31. The molecule has 0 radical (unpaired) electrons. The number of hydrogen-bond donors (Lipinski definition) is 0. The van der Waals surface area contributed by atoms with Crippen LogP contribution in [0.15, 0.2) is 49.3 Å². The average Bonchev–Trinajstić information content (AvgIpc) is 3.05. The molecule has 0 amide bonds. The van der Waals surface area contributed by atoms with Crippen molar-refractivity contribution in [3.05, 3.63) is 49.3 Å². The molecule has 1 aromatic carbocycles. The minimum Gasteiger partial charge on any atom is -0.354 e. The van der Waals surface area contributed by atoms with Crippen LogP contribution in [0.4, 0.5) is 11.6 Å². The summed E-state index contributed by atoms with van der Waals surface area (Å²) in [6, 6.07) is 8.16. The summed E-state index contributed by atoms with van der Waals surface area (Å²) < 4.78 is 1.91. The first-order chi connectivity index (χ1) is 12.9. The fraction of sp³-hybridized carbons (Fsp3) is 0.278. The first kappa shape index (κ1) is 15.0. The van der Waals surface area contributed by atoms with E-state index in [0.29, 0.717) is 0 Å². The van der Waals surface area contributed by atoms with Crippen molar-refractivity contribution in [2.45, 2.75) is 6.42 Å². The summed E-state index contributed by atoms with van der Waals surface area (Å²) in [5.74, 6) is 1.89. The largest absolute Gasteiger partial charge is 0.354 e.